The van der Waals surface area contributed by atoms with Gasteiger partial charge in [0.05, 0.1) is 30.4 Å². The van der Waals surface area contributed by atoms with Crippen LogP contribution in [0.25, 0.3) is 10.6 Å². The third kappa shape index (κ3) is 9.08. The molecule has 2 aromatic rings. The summed E-state index contributed by atoms with van der Waals surface area (Å²) in [5.41, 5.74) is -0.824. The van der Waals surface area contributed by atoms with E-state index in [0.717, 1.165) is 18.4 Å². The molecule has 6 atom stereocenters. The molecule has 58 heavy (non-hydrogen) atoms. The fourth-order valence-corrected chi connectivity index (χ4v) is 10.8. The Morgan fingerprint density at radius 1 is 1.09 bits per heavy atom. The number of fused-ring (bicyclic) bond motifs is 4. The maximum absolute atomic E-state index is 14.7. The van der Waals surface area contributed by atoms with Crippen LogP contribution in [0.15, 0.2) is 35.7 Å². The molecule has 0 unspecified atom stereocenters. The Labute approximate surface area is 348 Å². The molecule has 314 valence electrons. The highest BCUT2D eigenvalue weighted by Gasteiger charge is 2.63. The molecule has 2 aliphatic carbocycles. The molecular weight excluding hydrogens is 806 g/mol. The summed E-state index contributed by atoms with van der Waals surface area (Å²) in [6.45, 7) is 6.60. The summed E-state index contributed by atoms with van der Waals surface area (Å²) in [6, 6.07) is 4.17. The number of esters is 1. The molecule has 1 aromatic heterocycles. The summed E-state index contributed by atoms with van der Waals surface area (Å²) in [6.07, 6.45) is 8.24. The number of aromatic nitrogens is 1. The van der Waals surface area contributed by atoms with Crippen LogP contribution in [0.2, 0.25) is 5.02 Å². The molecule has 2 saturated heterocycles. The second-order valence-corrected chi connectivity index (χ2v) is 20.8. The van der Waals surface area contributed by atoms with Gasteiger partial charge in [-0.25, -0.2) is 13.4 Å². The number of rotatable bonds is 9. The summed E-state index contributed by atoms with van der Waals surface area (Å²) < 4.78 is 38.9. The standard InChI is InChI=1S/C41H52ClN5O9S2/c1-40(2,3)23-56-33(48)17-25-10-8-6-5-7-9-11-27-18-41(27,39(52)45-58(53,54)28-13-14-28)44-35(49)34-29-21-46(19-26(29)20-47(34)37(25)50)38(51)31-22-57-36(43-31)24-12-15-32(55-4)30(42)16-24/h9,11-12,15-16,22,25-29,34H,5-8,10,13-14,17-21,23H2,1-4H3,(H,44,49)(H,45,52)/b11-9-/t25-,26+,27-,29+,34+,41-/m1/s1. The fraction of sp³-hybridized carbons (Fsp3) is 0.610. The summed E-state index contributed by atoms with van der Waals surface area (Å²) >= 11 is 7.65. The molecule has 4 fully saturated rings. The molecule has 17 heteroatoms. The van der Waals surface area contributed by atoms with Crippen LogP contribution >= 0.6 is 22.9 Å². The monoisotopic (exact) mass is 857 g/mol. The van der Waals surface area contributed by atoms with Crippen molar-refractivity contribution in [3.8, 4) is 16.3 Å². The quantitative estimate of drug-likeness (QED) is 0.258. The zero-order chi connectivity index (χ0) is 41.6. The van der Waals surface area contributed by atoms with Crippen LogP contribution in [0.5, 0.6) is 5.75 Å². The molecule has 7 rings (SSSR count). The van der Waals surface area contributed by atoms with Crippen molar-refractivity contribution in [2.24, 2.45) is 29.1 Å². The maximum Gasteiger partial charge on any atom is 0.306 e. The maximum atomic E-state index is 14.7. The smallest absolute Gasteiger partial charge is 0.306 e. The van der Waals surface area contributed by atoms with E-state index in [2.05, 4.69) is 15.0 Å². The van der Waals surface area contributed by atoms with E-state index in [1.807, 2.05) is 39.0 Å². The predicted octanol–water partition coefficient (Wildman–Crippen LogP) is 4.97. The topological polar surface area (TPSA) is 181 Å². The average molecular weight is 858 g/mol. The van der Waals surface area contributed by atoms with Gasteiger partial charge in [-0.2, -0.15) is 0 Å². The molecule has 5 aliphatic rings. The van der Waals surface area contributed by atoms with Gasteiger partial charge in [-0.1, -0.05) is 57.4 Å². The number of halogens is 1. The second kappa shape index (κ2) is 16.6. The Balaban J connectivity index is 1.16. The third-order valence-corrected chi connectivity index (χ3v) is 14.8. The van der Waals surface area contributed by atoms with Crippen LogP contribution in [0.3, 0.4) is 0 Å². The largest absolute Gasteiger partial charge is 0.495 e. The number of nitrogens with zero attached hydrogens (tertiary/aromatic N) is 3. The van der Waals surface area contributed by atoms with E-state index >= 15 is 0 Å². The minimum atomic E-state index is -3.91. The van der Waals surface area contributed by atoms with Crippen LogP contribution in [0, 0.1) is 29.1 Å². The number of allylic oxidation sites excluding steroid dienone is 1. The van der Waals surface area contributed by atoms with Gasteiger partial charge in [0.25, 0.3) is 11.8 Å². The lowest BCUT2D eigenvalue weighted by Crippen LogP contribution is -2.58. The second-order valence-electron chi connectivity index (χ2n) is 17.6. The number of thiazole rings is 1. The number of benzene rings is 1. The molecule has 4 amide bonds. The van der Waals surface area contributed by atoms with Gasteiger partial charge in [-0.05, 0) is 62.1 Å². The average Bonchev–Trinajstić information content (AvgIpc) is 3.99. The molecule has 14 nitrogen and oxygen atoms in total. The number of amides is 4. The zero-order valence-electron chi connectivity index (χ0n) is 33.3. The van der Waals surface area contributed by atoms with Crippen LogP contribution in [-0.4, -0.2) is 103 Å². The predicted molar refractivity (Wildman–Crippen MR) is 217 cm³/mol. The first-order valence-electron chi connectivity index (χ1n) is 20.1. The molecule has 0 radical (unpaired) electrons. The van der Waals surface area contributed by atoms with Crippen molar-refractivity contribution in [1.82, 2.24) is 24.8 Å². The van der Waals surface area contributed by atoms with Gasteiger partial charge in [0.2, 0.25) is 21.8 Å². The first-order valence-corrected chi connectivity index (χ1v) is 22.9. The van der Waals surface area contributed by atoms with Gasteiger partial charge in [-0.3, -0.25) is 28.7 Å². The van der Waals surface area contributed by atoms with Crippen LogP contribution < -0.4 is 14.8 Å². The van der Waals surface area contributed by atoms with Gasteiger partial charge >= 0.3 is 5.97 Å². The SMILES string of the molecule is COc1ccc(-c2nc(C(=O)N3C[C@H]4CN5C(=O)[C@@H](CC(=O)OCC(C)(C)C)CCCCC/C=C\[C@@H]6C[C@@]6(C(=O)NS(=O)(=O)C6CC6)NC(=O)[C@@H]5[C@H]4C3)cs2)cc1Cl. The van der Waals surface area contributed by atoms with Crippen LogP contribution in [0.4, 0.5) is 0 Å². The Morgan fingerprint density at radius 3 is 2.57 bits per heavy atom. The van der Waals surface area contributed by atoms with Crippen molar-refractivity contribution in [2.45, 2.75) is 95.4 Å². The fourth-order valence-electron chi connectivity index (χ4n) is 8.39. The summed E-state index contributed by atoms with van der Waals surface area (Å²) in [4.78, 5) is 78.2. The van der Waals surface area contributed by atoms with E-state index in [1.165, 1.54) is 23.3 Å². The molecule has 0 bridgehead atoms. The lowest BCUT2D eigenvalue weighted by atomic mass is 9.92. The Bertz CT molecular complexity index is 2100. The number of likely N-dealkylation sites (tertiary alicyclic amines) is 1. The van der Waals surface area contributed by atoms with E-state index in [4.69, 9.17) is 21.1 Å². The summed E-state index contributed by atoms with van der Waals surface area (Å²) in [5, 5.41) is 4.98. The van der Waals surface area contributed by atoms with Crippen molar-refractivity contribution in [3.63, 3.8) is 0 Å². The van der Waals surface area contributed by atoms with E-state index < -0.39 is 62.4 Å². The van der Waals surface area contributed by atoms with Crippen molar-refractivity contribution in [1.29, 1.82) is 0 Å². The molecule has 2 saturated carbocycles. The van der Waals surface area contributed by atoms with Crippen molar-refractivity contribution >= 4 is 62.6 Å². The van der Waals surface area contributed by atoms with Crippen LogP contribution in [0.1, 0.15) is 89.0 Å². The molecule has 4 heterocycles. The first-order chi connectivity index (χ1) is 27.5. The zero-order valence-corrected chi connectivity index (χ0v) is 35.7. The number of sulfonamides is 1. The minimum absolute atomic E-state index is 0.140. The highest BCUT2D eigenvalue weighted by atomic mass is 35.5. The molecule has 3 aliphatic heterocycles. The Morgan fingerprint density at radius 2 is 1.86 bits per heavy atom. The number of methoxy groups -OCH3 is 1. The highest BCUT2D eigenvalue weighted by Crippen LogP contribution is 2.47. The van der Waals surface area contributed by atoms with Gasteiger partial charge in [-0.15, -0.1) is 11.3 Å². The number of hydrogen-bond acceptors (Lipinski definition) is 11. The van der Waals surface area contributed by atoms with Crippen molar-refractivity contribution < 1.29 is 41.9 Å². The normalized spacial score (nSPS) is 28.3. The van der Waals surface area contributed by atoms with E-state index in [9.17, 15) is 32.4 Å². The summed E-state index contributed by atoms with van der Waals surface area (Å²) in [5.74, 6) is -4.00. The van der Waals surface area contributed by atoms with Crippen LogP contribution in [-0.2, 0) is 33.9 Å². The third-order valence-electron chi connectivity index (χ3n) is 11.8. The van der Waals surface area contributed by atoms with Gasteiger partial charge in [0.1, 0.15) is 28.0 Å². The molecule has 0 spiro atoms. The van der Waals surface area contributed by atoms with Crippen molar-refractivity contribution in [3.05, 3.63) is 46.4 Å². The van der Waals surface area contributed by atoms with Crippen molar-refractivity contribution in [2.75, 3.05) is 33.4 Å². The Hall–Kier alpha value is -4.02. The first kappa shape index (κ1) is 42.1. The molecule has 1 aromatic carbocycles. The number of carbonyl (C=O) groups excluding carboxylic acids is 5. The highest BCUT2D eigenvalue weighted by molar-refractivity contribution is 7.91. The number of nitrogens with one attached hydrogen (secondary N) is 2. The van der Waals surface area contributed by atoms with Gasteiger partial charge < -0.3 is 24.6 Å². The lowest BCUT2D eigenvalue weighted by molar-refractivity contribution is -0.152. The van der Waals surface area contributed by atoms with Gasteiger partial charge in [0, 0.05) is 54.2 Å². The van der Waals surface area contributed by atoms with Gasteiger partial charge in [0.15, 0.2) is 0 Å². The molecular formula is C41H52ClN5O9S2. The summed E-state index contributed by atoms with van der Waals surface area (Å²) in [7, 11) is -2.39. The van der Waals surface area contributed by atoms with E-state index in [-0.39, 0.29) is 67.9 Å². The van der Waals surface area contributed by atoms with E-state index in [0.29, 0.717) is 47.9 Å². The number of hydrogen-bond donors (Lipinski definition) is 2. The lowest BCUT2D eigenvalue weighted by Gasteiger charge is -2.32. The number of carbonyl (C=O) groups is 5. The minimum Gasteiger partial charge on any atom is -0.495 e. The molecule has 2 N–H and O–H groups in total. The Kier molecular flexibility index (Phi) is 12.0. The number of ether oxygens (including phenoxy) is 2. The van der Waals surface area contributed by atoms with E-state index in [1.54, 1.807) is 22.4 Å².